The number of hydrogen-bond donors (Lipinski definition) is 2. The van der Waals surface area contributed by atoms with Crippen molar-refractivity contribution in [3.8, 4) is 0 Å². The summed E-state index contributed by atoms with van der Waals surface area (Å²) < 4.78 is 5.00. The van der Waals surface area contributed by atoms with Crippen molar-refractivity contribution in [2.24, 2.45) is 11.8 Å². The molecular formula is C11H22N2O2. The Hall–Kier alpha value is -0.770. The lowest BCUT2D eigenvalue weighted by molar-refractivity contribution is 0.132. The van der Waals surface area contributed by atoms with Gasteiger partial charge in [-0.05, 0) is 37.8 Å². The van der Waals surface area contributed by atoms with Crippen molar-refractivity contribution in [2.45, 2.75) is 26.7 Å². The summed E-state index contributed by atoms with van der Waals surface area (Å²) in [5.41, 5.74) is 0. The van der Waals surface area contributed by atoms with E-state index < -0.39 is 0 Å². The van der Waals surface area contributed by atoms with Crippen molar-refractivity contribution in [3.63, 3.8) is 0 Å². The van der Waals surface area contributed by atoms with Gasteiger partial charge in [0.1, 0.15) is 0 Å². The molecule has 1 aliphatic heterocycles. The van der Waals surface area contributed by atoms with Crippen molar-refractivity contribution in [3.05, 3.63) is 0 Å². The van der Waals surface area contributed by atoms with Gasteiger partial charge in [-0.3, -0.25) is 0 Å². The van der Waals surface area contributed by atoms with Crippen LogP contribution >= 0.6 is 0 Å². The first-order valence-electron chi connectivity index (χ1n) is 5.80. The Labute approximate surface area is 91.8 Å². The van der Waals surface area contributed by atoms with Gasteiger partial charge in [0, 0.05) is 6.54 Å². The fourth-order valence-electron chi connectivity index (χ4n) is 1.63. The Balaban J connectivity index is 1.96. The Morgan fingerprint density at radius 2 is 2.40 bits per heavy atom. The highest BCUT2D eigenvalue weighted by Gasteiger charge is 2.14. The van der Waals surface area contributed by atoms with E-state index in [0.29, 0.717) is 12.5 Å². The molecule has 88 valence electrons. The number of rotatable bonds is 5. The van der Waals surface area contributed by atoms with Crippen LogP contribution in [0.1, 0.15) is 26.7 Å². The highest BCUT2D eigenvalue weighted by Crippen LogP contribution is 2.10. The van der Waals surface area contributed by atoms with Gasteiger partial charge in [0.2, 0.25) is 0 Å². The summed E-state index contributed by atoms with van der Waals surface area (Å²) in [6, 6.07) is 0. The highest BCUT2D eigenvalue weighted by molar-refractivity contribution is 5.66. The average molecular weight is 214 g/mol. The smallest absolute Gasteiger partial charge is 0.407 e. The molecule has 0 aromatic rings. The van der Waals surface area contributed by atoms with Crippen LogP contribution in [0.5, 0.6) is 0 Å². The van der Waals surface area contributed by atoms with Gasteiger partial charge in [0.25, 0.3) is 0 Å². The van der Waals surface area contributed by atoms with Crippen LogP contribution in [0, 0.1) is 11.8 Å². The van der Waals surface area contributed by atoms with E-state index in [1.54, 1.807) is 0 Å². The fraction of sp³-hybridized carbons (Fsp3) is 0.909. The maximum absolute atomic E-state index is 11.2. The molecule has 0 aromatic heterocycles. The summed E-state index contributed by atoms with van der Waals surface area (Å²) in [5, 5.41) is 6.08. The van der Waals surface area contributed by atoms with Crippen LogP contribution in [0.4, 0.5) is 4.79 Å². The molecule has 1 heterocycles. The minimum atomic E-state index is -0.283. The third kappa shape index (κ3) is 5.62. The molecule has 4 heteroatoms. The Bertz CT molecular complexity index is 189. The van der Waals surface area contributed by atoms with Gasteiger partial charge in [-0.1, -0.05) is 13.8 Å². The molecule has 1 amide bonds. The standard InChI is InChI=1S/C11H22N2O2/c1-9(2)8-15-11(14)13-6-4-10-3-5-12-7-10/h9-10,12H,3-8H2,1-2H3,(H,13,14). The summed E-state index contributed by atoms with van der Waals surface area (Å²) >= 11 is 0. The zero-order chi connectivity index (χ0) is 11.1. The largest absolute Gasteiger partial charge is 0.449 e. The average Bonchev–Trinajstić information content (AvgIpc) is 2.67. The van der Waals surface area contributed by atoms with Gasteiger partial charge >= 0.3 is 6.09 Å². The molecule has 1 fully saturated rings. The Morgan fingerprint density at radius 1 is 1.60 bits per heavy atom. The molecule has 0 radical (unpaired) electrons. The lowest BCUT2D eigenvalue weighted by atomic mass is 10.1. The second kappa shape index (κ2) is 6.67. The molecule has 0 spiro atoms. The number of ether oxygens (including phenoxy) is 1. The predicted octanol–water partition coefficient (Wildman–Crippen LogP) is 1.37. The van der Waals surface area contributed by atoms with Gasteiger partial charge in [-0.25, -0.2) is 4.79 Å². The molecule has 2 N–H and O–H groups in total. The lowest BCUT2D eigenvalue weighted by Gasteiger charge is -2.10. The van der Waals surface area contributed by atoms with Gasteiger partial charge < -0.3 is 15.4 Å². The molecule has 4 nitrogen and oxygen atoms in total. The maximum Gasteiger partial charge on any atom is 0.407 e. The third-order valence-electron chi connectivity index (χ3n) is 2.53. The molecule has 0 aliphatic carbocycles. The van der Waals surface area contributed by atoms with Crippen molar-refractivity contribution < 1.29 is 9.53 Å². The van der Waals surface area contributed by atoms with E-state index in [0.717, 1.165) is 32.0 Å². The molecular weight excluding hydrogens is 192 g/mol. The van der Waals surface area contributed by atoms with Crippen LogP contribution in [-0.2, 0) is 4.74 Å². The van der Waals surface area contributed by atoms with Crippen molar-refractivity contribution >= 4 is 6.09 Å². The summed E-state index contributed by atoms with van der Waals surface area (Å²) in [6.45, 7) is 7.47. The first-order valence-corrected chi connectivity index (χ1v) is 5.80. The van der Waals surface area contributed by atoms with E-state index in [-0.39, 0.29) is 6.09 Å². The topological polar surface area (TPSA) is 50.4 Å². The molecule has 0 saturated carbocycles. The van der Waals surface area contributed by atoms with Crippen LogP contribution in [0.3, 0.4) is 0 Å². The van der Waals surface area contributed by atoms with Crippen molar-refractivity contribution in [1.82, 2.24) is 10.6 Å². The highest BCUT2D eigenvalue weighted by atomic mass is 16.5. The summed E-state index contributed by atoms with van der Waals surface area (Å²) in [6.07, 6.45) is 1.99. The minimum Gasteiger partial charge on any atom is -0.449 e. The van der Waals surface area contributed by atoms with Gasteiger partial charge in [0.05, 0.1) is 6.61 Å². The molecule has 0 aromatic carbocycles. The van der Waals surface area contributed by atoms with E-state index in [1.807, 2.05) is 13.8 Å². The molecule has 1 unspecified atom stereocenters. The van der Waals surface area contributed by atoms with Crippen LogP contribution in [0.2, 0.25) is 0 Å². The molecule has 15 heavy (non-hydrogen) atoms. The molecule has 1 atom stereocenters. The lowest BCUT2D eigenvalue weighted by Crippen LogP contribution is -2.28. The number of nitrogens with one attached hydrogen (secondary N) is 2. The van der Waals surface area contributed by atoms with Gasteiger partial charge in [0.15, 0.2) is 0 Å². The van der Waals surface area contributed by atoms with Crippen molar-refractivity contribution in [1.29, 1.82) is 0 Å². The molecule has 1 rings (SSSR count). The second-order valence-electron chi connectivity index (χ2n) is 4.57. The van der Waals surface area contributed by atoms with E-state index >= 15 is 0 Å². The molecule has 1 aliphatic rings. The van der Waals surface area contributed by atoms with E-state index in [4.69, 9.17) is 4.74 Å². The Kier molecular flexibility index (Phi) is 5.47. The van der Waals surface area contributed by atoms with Gasteiger partial charge in [-0.2, -0.15) is 0 Å². The first kappa shape index (κ1) is 12.3. The first-order chi connectivity index (χ1) is 7.18. The predicted molar refractivity (Wildman–Crippen MR) is 59.8 cm³/mol. The Morgan fingerprint density at radius 3 is 3.00 bits per heavy atom. The maximum atomic E-state index is 11.2. The summed E-state index contributed by atoms with van der Waals surface area (Å²) in [4.78, 5) is 11.2. The second-order valence-corrected chi connectivity index (χ2v) is 4.57. The number of hydrogen-bond acceptors (Lipinski definition) is 3. The fourth-order valence-corrected chi connectivity index (χ4v) is 1.63. The van der Waals surface area contributed by atoms with E-state index in [1.165, 1.54) is 6.42 Å². The minimum absolute atomic E-state index is 0.283. The van der Waals surface area contributed by atoms with Crippen LogP contribution in [0.15, 0.2) is 0 Å². The number of carbonyl (C=O) groups excluding carboxylic acids is 1. The zero-order valence-electron chi connectivity index (χ0n) is 9.71. The molecule has 0 bridgehead atoms. The van der Waals surface area contributed by atoms with E-state index in [9.17, 15) is 4.79 Å². The van der Waals surface area contributed by atoms with Gasteiger partial charge in [-0.15, -0.1) is 0 Å². The normalized spacial score (nSPS) is 20.6. The van der Waals surface area contributed by atoms with Crippen LogP contribution in [-0.4, -0.2) is 32.3 Å². The monoisotopic (exact) mass is 214 g/mol. The van der Waals surface area contributed by atoms with Crippen LogP contribution < -0.4 is 10.6 Å². The number of carbonyl (C=O) groups is 1. The zero-order valence-corrected chi connectivity index (χ0v) is 9.71. The van der Waals surface area contributed by atoms with Crippen LogP contribution in [0.25, 0.3) is 0 Å². The number of alkyl carbamates (subject to hydrolysis) is 1. The van der Waals surface area contributed by atoms with Crippen molar-refractivity contribution in [2.75, 3.05) is 26.2 Å². The third-order valence-corrected chi connectivity index (χ3v) is 2.53. The quantitative estimate of drug-likeness (QED) is 0.726. The summed E-state index contributed by atoms with van der Waals surface area (Å²) in [7, 11) is 0. The SMILES string of the molecule is CC(C)COC(=O)NCCC1CCNC1. The summed E-state index contributed by atoms with van der Waals surface area (Å²) in [5.74, 6) is 1.12. The van der Waals surface area contributed by atoms with E-state index in [2.05, 4.69) is 10.6 Å². The molecule has 1 saturated heterocycles. The number of amides is 1.